The lowest BCUT2D eigenvalue weighted by Crippen LogP contribution is -2.23. The number of nitrogens with one attached hydrogen (secondary N) is 1. The molecule has 0 aliphatic carbocycles. The van der Waals surface area contributed by atoms with Gasteiger partial charge in [0.15, 0.2) is 0 Å². The Morgan fingerprint density at radius 1 is 1.33 bits per heavy atom. The van der Waals surface area contributed by atoms with Crippen molar-refractivity contribution in [3.8, 4) is 0 Å². The fourth-order valence-electron chi connectivity index (χ4n) is 0.410. The Kier molecular flexibility index (Phi) is 3.55. The Morgan fingerprint density at radius 3 is 2.17 bits per heavy atom. The fraction of sp³-hybridized carbons (Fsp3) is 0.143. The van der Waals surface area contributed by atoms with Crippen molar-refractivity contribution in [3.63, 3.8) is 0 Å². The number of rotatable bonds is 4. The van der Waals surface area contributed by atoms with Gasteiger partial charge in [-0.15, -0.1) is 0 Å². The maximum atomic E-state index is 10.7. The van der Waals surface area contributed by atoms with Gasteiger partial charge in [0.2, 0.25) is 0 Å². The van der Waals surface area contributed by atoms with E-state index in [2.05, 4.69) is 23.2 Å². The largest absolute Gasteiger partial charge is 0.477 e. The second-order valence-electron chi connectivity index (χ2n) is 1.88. The minimum Gasteiger partial charge on any atom is -0.477 e. The van der Waals surface area contributed by atoms with E-state index in [0.29, 0.717) is 0 Å². The van der Waals surface area contributed by atoms with Crippen LogP contribution in [0.25, 0.3) is 0 Å². The van der Waals surface area contributed by atoms with Crippen molar-refractivity contribution < 1.29 is 19.4 Å². The van der Waals surface area contributed by atoms with Gasteiger partial charge in [0.1, 0.15) is 11.4 Å². The van der Waals surface area contributed by atoms with Gasteiger partial charge in [0.05, 0.1) is 7.11 Å². The Hall–Kier alpha value is -1.78. The van der Waals surface area contributed by atoms with Crippen molar-refractivity contribution in [2.24, 2.45) is 0 Å². The second-order valence-corrected chi connectivity index (χ2v) is 1.88. The van der Waals surface area contributed by atoms with Gasteiger partial charge < -0.3 is 15.2 Å². The summed E-state index contributed by atoms with van der Waals surface area (Å²) in [5.41, 5.74) is -0.490. The van der Waals surface area contributed by atoms with Gasteiger partial charge in [-0.3, -0.25) is 0 Å². The lowest BCUT2D eigenvalue weighted by molar-refractivity contribution is -0.136. The first-order chi connectivity index (χ1) is 5.49. The number of ether oxygens (including phenoxy) is 1. The van der Waals surface area contributed by atoms with E-state index in [0.717, 1.165) is 0 Å². The van der Waals surface area contributed by atoms with E-state index in [1.165, 1.54) is 7.11 Å². The monoisotopic (exact) mass is 171 g/mol. The van der Waals surface area contributed by atoms with E-state index in [4.69, 9.17) is 5.11 Å². The Bertz CT molecular complexity index is 244. The molecule has 0 unspecified atom stereocenters. The van der Waals surface area contributed by atoms with Crippen molar-refractivity contribution in [3.05, 3.63) is 24.6 Å². The molecule has 0 rings (SSSR count). The minimum absolute atomic E-state index is 0.162. The van der Waals surface area contributed by atoms with Crippen LogP contribution >= 0.6 is 0 Å². The van der Waals surface area contributed by atoms with E-state index in [1.807, 2.05) is 0 Å². The molecule has 0 aromatic carbocycles. The Labute approximate surface area is 69.3 Å². The number of carbonyl (C=O) groups excluding carboxylic acids is 1. The van der Waals surface area contributed by atoms with Crippen LogP contribution in [-0.2, 0) is 14.3 Å². The highest BCUT2D eigenvalue weighted by atomic mass is 16.5. The number of carboxylic acids is 1. The predicted octanol–water partition coefficient (Wildman–Crippen LogP) is -0.139. The van der Waals surface area contributed by atoms with Crippen LogP contribution in [0.4, 0.5) is 0 Å². The van der Waals surface area contributed by atoms with Crippen LogP contribution < -0.4 is 5.32 Å². The summed E-state index contributed by atoms with van der Waals surface area (Å²) >= 11 is 0. The highest BCUT2D eigenvalue weighted by Gasteiger charge is 2.10. The van der Waals surface area contributed by atoms with Crippen LogP contribution in [0.5, 0.6) is 0 Å². The Morgan fingerprint density at radius 2 is 1.83 bits per heavy atom. The van der Waals surface area contributed by atoms with E-state index >= 15 is 0 Å². The predicted molar refractivity (Wildman–Crippen MR) is 41.1 cm³/mol. The van der Waals surface area contributed by atoms with Crippen molar-refractivity contribution in [2.75, 3.05) is 7.11 Å². The van der Waals surface area contributed by atoms with Crippen LogP contribution in [0.15, 0.2) is 24.6 Å². The summed E-state index contributed by atoms with van der Waals surface area (Å²) in [4.78, 5) is 20.8. The van der Waals surface area contributed by atoms with Crippen LogP contribution in [-0.4, -0.2) is 24.2 Å². The summed E-state index contributed by atoms with van der Waals surface area (Å²) in [5, 5.41) is 10.5. The molecule has 0 aliphatic rings. The molecule has 0 aliphatic heterocycles. The van der Waals surface area contributed by atoms with E-state index in [-0.39, 0.29) is 11.4 Å². The molecule has 0 aromatic heterocycles. The van der Waals surface area contributed by atoms with Crippen LogP contribution in [0.3, 0.4) is 0 Å². The summed E-state index contributed by atoms with van der Waals surface area (Å²) in [6.45, 7) is 6.37. The van der Waals surface area contributed by atoms with E-state index < -0.39 is 11.9 Å². The van der Waals surface area contributed by atoms with Gasteiger partial charge >= 0.3 is 11.9 Å². The van der Waals surface area contributed by atoms with Crippen molar-refractivity contribution in [2.45, 2.75) is 0 Å². The molecule has 5 heteroatoms. The first-order valence-corrected chi connectivity index (χ1v) is 2.95. The number of carbonyl (C=O) groups is 2. The average molecular weight is 171 g/mol. The number of hydrogen-bond donors (Lipinski definition) is 2. The number of methoxy groups -OCH3 is 1. The summed E-state index contributed by atoms with van der Waals surface area (Å²) in [7, 11) is 1.17. The smallest absolute Gasteiger partial charge is 0.353 e. The molecule has 5 nitrogen and oxygen atoms in total. The zero-order valence-electron chi connectivity index (χ0n) is 6.59. The number of hydrogen-bond acceptors (Lipinski definition) is 4. The molecule has 0 spiro atoms. The molecule has 0 amide bonds. The molecule has 0 bridgehead atoms. The number of aliphatic carboxylic acids is 1. The topological polar surface area (TPSA) is 75.6 Å². The molecule has 2 N–H and O–H groups in total. The molecular formula is C7H9NO4. The average Bonchev–Trinajstić information content (AvgIpc) is 2.02. The SMILES string of the molecule is C=C(NC(=C)C(=O)OC)C(=O)O. The highest BCUT2D eigenvalue weighted by molar-refractivity contribution is 5.91. The third kappa shape index (κ3) is 2.87. The van der Waals surface area contributed by atoms with Gasteiger partial charge in [-0.25, -0.2) is 9.59 Å². The molecule has 12 heavy (non-hydrogen) atoms. The molecule has 0 heterocycles. The molecule has 0 saturated heterocycles. The van der Waals surface area contributed by atoms with Gasteiger partial charge in [-0.1, -0.05) is 13.2 Å². The molecule has 0 fully saturated rings. The van der Waals surface area contributed by atoms with Gasteiger partial charge in [0, 0.05) is 0 Å². The highest BCUT2D eigenvalue weighted by Crippen LogP contribution is 1.93. The summed E-state index contributed by atoms with van der Waals surface area (Å²) in [6, 6.07) is 0. The van der Waals surface area contributed by atoms with E-state index in [1.54, 1.807) is 0 Å². The molecule has 66 valence electrons. The summed E-state index contributed by atoms with van der Waals surface area (Å²) in [5.74, 6) is -1.97. The minimum atomic E-state index is -1.25. The fourth-order valence-corrected chi connectivity index (χ4v) is 0.410. The quantitative estimate of drug-likeness (QED) is 0.455. The van der Waals surface area contributed by atoms with Crippen LogP contribution in [0.2, 0.25) is 0 Å². The van der Waals surface area contributed by atoms with Crippen LogP contribution in [0.1, 0.15) is 0 Å². The van der Waals surface area contributed by atoms with Gasteiger partial charge in [-0.2, -0.15) is 0 Å². The normalized spacial score (nSPS) is 8.42. The van der Waals surface area contributed by atoms with Crippen LogP contribution in [0, 0.1) is 0 Å². The number of esters is 1. The molecule has 0 aromatic rings. The maximum absolute atomic E-state index is 10.7. The van der Waals surface area contributed by atoms with Crippen molar-refractivity contribution in [1.29, 1.82) is 0 Å². The third-order valence-electron chi connectivity index (χ3n) is 0.992. The lowest BCUT2D eigenvalue weighted by atomic mass is 10.4. The molecule has 0 radical (unpaired) electrons. The second kappa shape index (κ2) is 4.17. The summed E-state index contributed by atoms with van der Waals surface area (Å²) in [6.07, 6.45) is 0. The zero-order chi connectivity index (χ0) is 9.72. The first-order valence-electron chi connectivity index (χ1n) is 2.95. The lowest BCUT2D eigenvalue weighted by Gasteiger charge is -2.05. The standard InChI is InChI=1S/C7H9NO4/c1-4(6(9)10)8-5(2)7(11)12-3/h8H,1-2H2,3H3,(H,9,10). The van der Waals surface area contributed by atoms with Gasteiger partial charge in [-0.05, 0) is 0 Å². The van der Waals surface area contributed by atoms with Crippen molar-refractivity contribution in [1.82, 2.24) is 5.32 Å². The Balaban J connectivity index is 4.11. The molecule has 0 atom stereocenters. The van der Waals surface area contributed by atoms with Crippen molar-refractivity contribution >= 4 is 11.9 Å². The third-order valence-corrected chi connectivity index (χ3v) is 0.992. The molecular weight excluding hydrogens is 162 g/mol. The number of carboxylic acid groups (broad SMARTS) is 1. The first kappa shape index (κ1) is 10.2. The maximum Gasteiger partial charge on any atom is 0.353 e. The van der Waals surface area contributed by atoms with Gasteiger partial charge in [0.25, 0.3) is 0 Å². The zero-order valence-corrected chi connectivity index (χ0v) is 6.59. The summed E-state index contributed by atoms with van der Waals surface area (Å²) < 4.78 is 4.26. The molecule has 0 saturated carbocycles. The van der Waals surface area contributed by atoms with E-state index in [9.17, 15) is 9.59 Å².